The third kappa shape index (κ3) is 4.11. The number of rotatable bonds is 6. The minimum Gasteiger partial charge on any atom is -0.359 e. The average molecular weight is 452 g/mol. The molecule has 5 N–H and O–H groups in total. The molecular weight excluding hydrogens is 426 g/mol. The molecule has 2 aromatic carbocycles. The molecule has 2 aliphatic rings. The Labute approximate surface area is 197 Å². The van der Waals surface area contributed by atoms with Gasteiger partial charge in [0.15, 0.2) is 17.4 Å². The van der Waals surface area contributed by atoms with Crippen LogP contribution in [0, 0.1) is 0 Å². The highest BCUT2D eigenvalue weighted by Gasteiger charge is 2.35. The first-order valence-corrected chi connectivity index (χ1v) is 11.4. The first kappa shape index (κ1) is 20.4. The minimum absolute atomic E-state index is 0.307. The van der Waals surface area contributed by atoms with Gasteiger partial charge in [-0.15, -0.1) is 0 Å². The molecule has 34 heavy (non-hydrogen) atoms. The maximum atomic E-state index is 6.85. The van der Waals surface area contributed by atoms with Crippen LogP contribution < -0.4 is 16.4 Å². The van der Waals surface area contributed by atoms with E-state index in [0.29, 0.717) is 24.2 Å². The third-order valence-corrected chi connectivity index (χ3v) is 6.10. The first-order chi connectivity index (χ1) is 16.7. The van der Waals surface area contributed by atoms with E-state index in [0.717, 1.165) is 33.9 Å². The van der Waals surface area contributed by atoms with Gasteiger partial charge in [-0.2, -0.15) is 5.10 Å². The molecule has 170 valence electrons. The molecule has 0 bridgehead atoms. The summed E-state index contributed by atoms with van der Waals surface area (Å²) in [4.78, 5) is 4.71. The van der Waals surface area contributed by atoms with Gasteiger partial charge in [0.1, 0.15) is 17.9 Å². The Bertz CT molecular complexity index is 1350. The van der Waals surface area contributed by atoms with Crippen molar-refractivity contribution < 1.29 is 4.52 Å². The Hall–Kier alpha value is -4.17. The Morgan fingerprint density at radius 2 is 1.74 bits per heavy atom. The third-order valence-electron chi connectivity index (χ3n) is 6.10. The van der Waals surface area contributed by atoms with E-state index in [-0.39, 0.29) is 0 Å². The summed E-state index contributed by atoms with van der Waals surface area (Å²) in [7, 11) is 0. The number of nitrogens with two attached hydrogens (primary N) is 1. The summed E-state index contributed by atoms with van der Waals surface area (Å²) in [5, 5.41) is 18.5. The molecule has 1 fully saturated rings. The fraction of sp³-hybridized carbons (Fsp3) is 0.192. The van der Waals surface area contributed by atoms with Crippen LogP contribution in [-0.4, -0.2) is 21.3 Å². The van der Waals surface area contributed by atoms with Gasteiger partial charge in [-0.1, -0.05) is 65.8 Å². The standard InChI is InChI=1S/C26H25N7O/c27-26(24-14-21(31-32-24)19-11-12-19)15-23(18-9-5-2-6-10-18)29-25(30-26)28-16-20-13-22(33-34-20)17-7-3-1-4-8-17/h1-10,13-15,19H,11-12,16,27H2,(H,31,32)(H2,28,29,30). The van der Waals surface area contributed by atoms with E-state index in [9.17, 15) is 0 Å². The summed E-state index contributed by atoms with van der Waals surface area (Å²) >= 11 is 0. The molecule has 1 unspecified atom stereocenters. The van der Waals surface area contributed by atoms with Gasteiger partial charge in [0, 0.05) is 28.9 Å². The van der Waals surface area contributed by atoms with Gasteiger partial charge in [0.25, 0.3) is 0 Å². The SMILES string of the molecule is NC1(c2cc(C3CC3)[nH]n2)C=C(c2ccccc2)NC(=NCc2cc(-c3ccccc3)no2)N1. The predicted molar refractivity (Wildman–Crippen MR) is 130 cm³/mol. The largest absolute Gasteiger partial charge is 0.359 e. The molecule has 4 aromatic rings. The van der Waals surface area contributed by atoms with Crippen LogP contribution in [0.2, 0.25) is 0 Å². The molecule has 2 aromatic heterocycles. The van der Waals surface area contributed by atoms with Crippen molar-refractivity contribution in [2.24, 2.45) is 10.7 Å². The number of aliphatic imine (C=N–C) groups is 1. The summed E-state index contributed by atoms with van der Waals surface area (Å²) in [5.74, 6) is 1.75. The lowest BCUT2D eigenvalue weighted by Crippen LogP contribution is -2.58. The van der Waals surface area contributed by atoms with Gasteiger partial charge < -0.3 is 20.9 Å². The van der Waals surface area contributed by atoms with Gasteiger partial charge >= 0.3 is 0 Å². The van der Waals surface area contributed by atoms with Crippen molar-refractivity contribution in [3.63, 3.8) is 0 Å². The molecule has 3 heterocycles. The number of aromatic amines is 1. The Kier molecular flexibility index (Phi) is 5.00. The highest BCUT2D eigenvalue weighted by Crippen LogP contribution is 2.40. The Morgan fingerprint density at radius 1 is 1.00 bits per heavy atom. The molecule has 1 saturated carbocycles. The number of nitrogens with zero attached hydrogens (tertiary/aromatic N) is 3. The smallest absolute Gasteiger partial charge is 0.198 e. The predicted octanol–water partition coefficient (Wildman–Crippen LogP) is 3.84. The molecule has 6 rings (SSSR count). The Morgan fingerprint density at radius 3 is 2.47 bits per heavy atom. The highest BCUT2D eigenvalue weighted by molar-refractivity contribution is 5.92. The summed E-state index contributed by atoms with van der Waals surface area (Å²) < 4.78 is 5.52. The lowest BCUT2D eigenvalue weighted by Gasteiger charge is -2.33. The van der Waals surface area contributed by atoms with Gasteiger partial charge in [-0.3, -0.25) is 5.10 Å². The van der Waals surface area contributed by atoms with E-state index in [1.165, 1.54) is 12.8 Å². The maximum Gasteiger partial charge on any atom is 0.198 e. The van der Waals surface area contributed by atoms with E-state index >= 15 is 0 Å². The van der Waals surface area contributed by atoms with E-state index < -0.39 is 5.66 Å². The fourth-order valence-corrected chi connectivity index (χ4v) is 4.09. The van der Waals surface area contributed by atoms with Gasteiger partial charge in [-0.05, 0) is 30.5 Å². The van der Waals surface area contributed by atoms with Crippen LogP contribution in [0.25, 0.3) is 17.0 Å². The highest BCUT2D eigenvalue weighted by atomic mass is 16.5. The molecule has 1 atom stereocenters. The van der Waals surface area contributed by atoms with Crippen LogP contribution in [0.1, 0.15) is 41.5 Å². The van der Waals surface area contributed by atoms with Crippen LogP contribution >= 0.6 is 0 Å². The average Bonchev–Trinajstić information content (AvgIpc) is 3.40. The zero-order valence-corrected chi connectivity index (χ0v) is 18.5. The molecule has 0 amide bonds. The number of hydrogen-bond donors (Lipinski definition) is 4. The van der Waals surface area contributed by atoms with Crippen molar-refractivity contribution in [1.29, 1.82) is 0 Å². The number of benzene rings is 2. The lowest BCUT2D eigenvalue weighted by molar-refractivity contribution is 0.386. The van der Waals surface area contributed by atoms with Crippen molar-refractivity contribution in [2.75, 3.05) is 0 Å². The molecule has 0 saturated heterocycles. The summed E-state index contributed by atoms with van der Waals surface area (Å²) in [5.41, 5.74) is 11.3. The quantitative estimate of drug-likeness (QED) is 0.354. The zero-order valence-electron chi connectivity index (χ0n) is 18.5. The number of nitrogens with one attached hydrogen (secondary N) is 3. The molecule has 8 heteroatoms. The Balaban J connectivity index is 1.29. The fourth-order valence-electron chi connectivity index (χ4n) is 4.09. The second kappa shape index (κ2) is 8.31. The molecule has 0 spiro atoms. The van der Waals surface area contributed by atoms with E-state index in [1.54, 1.807) is 0 Å². The van der Waals surface area contributed by atoms with Crippen LogP contribution in [0.5, 0.6) is 0 Å². The minimum atomic E-state index is -1.02. The van der Waals surface area contributed by atoms with Crippen LogP contribution in [0.3, 0.4) is 0 Å². The summed E-state index contributed by atoms with van der Waals surface area (Å²) in [6.07, 6.45) is 4.33. The van der Waals surface area contributed by atoms with Crippen molar-refractivity contribution in [2.45, 2.75) is 31.0 Å². The van der Waals surface area contributed by atoms with Crippen LogP contribution in [0.4, 0.5) is 0 Å². The van der Waals surface area contributed by atoms with Crippen molar-refractivity contribution in [3.05, 3.63) is 102 Å². The van der Waals surface area contributed by atoms with Crippen molar-refractivity contribution in [1.82, 2.24) is 26.0 Å². The lowest BCUT2D eigenvalue weighted by atomic mass is 10.00. The first-order valence-electron chi connectivity index (χ1n) is 11.4. The van der Waals surface area contributed by atoms with Gasteiger partial charge in [-0.25, -0.2) is 4.99 Å². The summed E-state index contributed by atoms with van der Waals surface area (Å²) in [6.45, 7) is 0.307. The second-order valence-corrected chi connectivity index (χ2v) is 8.74. The number of guanidine groups is 1. The molecular formula is C26H25N7O. The van der Waals surface area contributed by atoms with Crippen LogP contribution in [-0.2, 0) is 12.2 Å². The van der Waals surface area contributed by atoms with E-state index in [4.69, 9.17) is 15.2 Å². The van der Waals surface area contributed by atoms with Crippen molar-refractivity contribution in [3.8, 4) is 11.3 Å². The molecule has 1 aliphatic carbocycles. The maximum absolute atomic E-state index is 6.85. The van der Waals surface area contributed by atoms with Gasteiger partial charge in [0.2, 0.25) is 0 Å². The topological polar surface area (TPSA) is 117 Å². The number of aromatic nitrogens is 3. The normalized spacial score (nSPS) is 21.1. The monoisotopic (exact) mass is 451 g/mol. The molecule has 8 nitrogen and oxygen atoms in total. The van der Waals surface area contributed by atoms with Crippen molar-refractivity contribution >= 4 is 11.7 Å². The number of hydrogen-bond acceptors (Lipinski definition) is 5. The van der Waals surface area contributed by atoms with Gasteiger partial charge in [0.05, 0.1) is 0 Å². The zero-order chi connectivity index (χ0) is 23.0. The second-order valence-electron chi connectivity index (χ2n) is 8.74. The number of H-pyrrole nitrogens is 1. The van der Waals surface area contributed by atoms with E-state index in [1.807, 2.05) is 72.8 Å². The molecule has 1 aliphatic heterocycles. The summed E-state index contributed by atoms with van der Waals surface area (Å²) in [6, 6.07) is 23.9. The molecule has 0 radical (unpaired) electrons. The van der Waals surface area contributed by atoms with E-state index in [2.05, 4.69) is 32.1 Å². The van der Waals surface area contributed by atoms with Crippen LogP contribution in [0.15, 0.2) is 88.4 Å².